The lowest BCUT2D eigenvalue weighted by Crippen LogP contribution is -2.22. The van der Waals surface area contributed by atoms with Crippen molar-refractivity contribution in [2.24, 2.45) is 5.92 Å². The summed E-state index contributed by atoms with van der Waals surface area (Å²) in [6, 6.07) is 17.0. The minimum absolute atomic E-state index is 0.111. The third-order valence-corrected chi connectivity index (χ3v) is 7.01. The largest absolute Gasteiger partial charge is 0.338 e. The summed E-state index contributed by atoms with van der Waals surface area (Å²) in [5.74, 6) is 0.865. The molecule has 1 aliphatic carbocycles. The number of nitrogens with zero attached hydrogens (tertiary/aromatic N) is 1. The lowest BCUT2D eigenvalue weighted by atomic mass is 9.99. The minimum atomic E-state index is -0.111. The Morgan fingerprint density at radius 3 is 2.39 bits per heavy atom. The summed E-state index contributed by atoms with van der Waals surface area (Å²) in [6.45, 7) is 0. The van der Waals surface area contributed by atoms with E-state index in [1.165, 1.54) is 24.2 Å². The number of nitrogens with one attached hydrogen (secondary N) is 3. The van der Waals surface area contributed by atoms with Crippen LogP contribution in [0, 0.1) is 5.92 Å². The third kappa shape index (κ3) is 4.98. The molecule has 168 valence electrons. The molecule has 1 aliphatic rings. The van der Waals surface area contributed by atoms with E-state index in [1.807, 2.05) is 53.9 Å². The van der Waals surface area contributed by atoms with Gasteiger partial charge in [-0.15, -0.1) is 11.3 Å². The van der Waals surface area contributed by atoms with Crippen LogP contribution in [0.15, 0.2) is 60.0 Å². The molecule has 7 heteroatoms. The maximum absolute atomic E-state index is 12.7. The number of hydrogen-bond donors (Lipinski definition) is 3. The van der Waals surface area contributed by atoms with Crippen LogP contribution < -0.4 is 10.6 Å². The summed E-state index contributed by atoms with van der Waals surface area (Å²) in [5, 5.41) is 7.88. The van der Waals surface area contributed by atoms with Gasteiger partial charge in [-0.25, -0.2) is 4.98 Å². The van der Waals surface area contributed by atoms with Gasteiger partial charge in [-0.3, -0.25) is 9.59 Å². The van der Waals surface area contributed by atoms with Crippen LogP contribution in [0.4, 0.5) is 11.4 Å². The first-order chi connectivity index (χ1) is 16.2. The molecule has 1 fully saturated rings. The highest BCUT2D eigenvalue weighted by molar-refractivity contribution is 7.12. The van der Waals surface area contributed by atoms with Crippen molar-refractivity contribution in [2.75, 3.05) is 10.6 Å². The van der Waals surface area contributed by atoms with Gasteiger partial charge >= 0.3 is 0 Å². The second-order valence-corrected chi connectivity index (χ2v) is 9.45. The van der Waals surface area contributed by atoms with Crippen molar-refractivity contribution in [3.63, 3.8) is 0 Å². The average molecular weight is 459 g/mol. The number of hydrogen-bond acceptors (Lipinski definition) is 4. The Morgan fingerprint density at radius 1 is 0.909 bits per heavy atom. The lowest BCUT2D eigenvalue weighted by molar-refractivity contribution is -0.120. The monoisotopic (exact) mass is 458 g/mol. The smallest absolute Gasteiger partial charge is 0.265 e. The number of imidazole rings is 1. The Hall–Kier alpha value is -3.45. The summed E-state index contributed by atoms with van der Waals surface area (Å²) < 4.78 is 0. The summed E-state index contributed by atoms with van der Waals surface area (Å²) >= 11 is 1.41. The standard InChI is InChI=1S/C26H26N4O2S/c31-25(18-6-3-1-2-4-7-18)28-20-13-14-21-22(16-20)30-24(29-21)17-9-11-19(12-10-17)27-26(32)23-8-5-15-33-23/h5,8-16,18H,1-4,6-7H2,(H,27,32)(H,28,31)(H,29,30). The molecule has 2 aromatic carbocycles. The Morgan fingerprint density at radius 2 is 1.67 bits per heavy atom. The molecule has 0 aliphatic heterocycles. The zero-order chi connectivity index (χ0) is 22.6. The molecule has 0 saturated heterocycles. The molecular weight excluding hydrogens is 432 g/mol. The topological polar surface area (TPSA) is 86.9 Å². The van der Waals surface area contributed by atoms with E-state index in [4.69, 9.17) is 0 Å². The number of carbonyl (C=O) groups excluding carboxylic acids is 2. The molecular formula is C26H26N4O2S. The molecule has 1 saturated carbocycles. The van der Waals surface area contributed by atoms with Gasteiger partial charge in [0.15, 0.2) is 0 Å². The highest BCUT2D eigenvalue weighted by Crippen LogP contribution is 2.27. The van der Waals surface area contributed by atoms with E-state index in [2.05, 4.69) is 20.6 Å². The van der Waals surface area contributed by atoms with Crippen LogP contribution in [0.2, 0.25) is 0 Å². The van der Waals surface area contributed by atoms with Crippen molar-refractivity contribution < 1.29 is 9.59 Å². The van der Waals surface area contributed by atoms with Crippen LogP contribution in [-0.2, 0) is 4.79 Å². The van der Waals surface area contributed by atoms with E-state index in [0.717, 1.165) is 59.5 Å². The van der Waals surface area contributed by atoms with Crippen LogP contribution in [0.25, 0.3) is 22.4 Å². The molecule has 33 heavy (non-hydrogen) atoms. The molecule has 0 spiro atoms. The molecule has 2 amide bonds. The first-order valence-electron chi connectivity index (χ1n) is 11.4. The van der Waals surface area contributed by atoms with Crippen LogP contribution in [0.5, 0.6) is 0 Å². The number of anilines is 2. The summed E-state index contributed by atoms with van der Waals surface area (Å²) in [5.41, 5.74) is 4.16. The molecule has 0 radical (unpaired) electrons. The normalized spacial score (nSPS) is 14.7. The van der Waals surface area contributed by atoms with E-state index in [9.17, 15) is 9.59 Å². The Bertz CT molecular complexity index is 1250. The van der Waals surface area contributed by atoms with Gasteiger partial charge in [0.2, 0.25) is 5.91 Å². The molecule has 2 aromatic heterocycles. The SMILES string of the molecule is O=C(Nc1ccc(-c2nc3ccc(NC(=O)C4CCCCCC4)cc3[nH]2)cc1)c1cccs1. The second kappa shape index (κ2) is 9.58. The van der Waals surface area contributed by atoms with Crippen molar-refractivity contribution in [3.05, 3.63) is 64.9 Å². The Balaban J connectivity index is 1.28. The van der Waals surface area contributed by atoms with E-state index in [1.54, 1.807) is 6.07 Å². The number of aromatic nitrogens is 2. The fourth-order valence-corrected chi connectivity index (χ4v) is 4.94. The number of carbonyl (C=O) groups is 2. The van der Waals surface area contributed by atoms with Gasteiger partial charge in [0, 0.05) is 22.9 Å². The van der Waals surface area contributed by atoms with Crippen molar-refractivity contribution in [1.82, 2.24) is 9.97 Å². The maximum Gasteiger partial charge on any atom is 0.265 e. The van der Waals surface area contributed by atoms with Crippen LogP contribution in [0.1, 0.15) is 48.2 Å². The maximum atomic E-state index is 12.7. The van der Waals surface area contributed by atoms with Crippen molar-refractivity contribution in [2.45, 2.75) is 38.5 Å². The van der Waals surface area contributed by atoms with Crippen LogP contribution in [-0.4, -0.2) is 21.8 Å². The highest BCUT2D eigenvalue weighted by Gasteiger charge is 2.20. The third-order valence-electron chi connectivity index (χ3n) is 6.14. The molecule has 5 rings (SSSR count). The molecule has 6 nitrogen and oxygen atoms in total. The van der Waals surface area contributed by atoms with E-state index in [0.29, 0.717) is 4.88 Å². The predicted octanol–water partition coefficient (Wildman–Crippen LogP) is 6.45. The number of amides is 2. The van der Waals surface area contributed by atoms with Gasteiger partial charge in [0.1, 0.15) is 5.82 Å². The van der Waals surface area contributed by atoms with Gasteiger partial charge in [-0.05, 0) is 66.8 Å². The van der Waals surface area contributed by atoms with Gasteiger partial charge in [0.05, 0.1) is 15.9 Å². The number of aromatic amines is 1. The zero-order valence-electron chi connectivity index (χ0n) is 18.3. The van der Waals surface area contributed by atoms with Gasteiger partial charge in [0.25, 0.3) is 5.91 Å². The van der Waals surface area contributed by atoms with E-state index < -0.39 is 0 Å². The number of benzene rings is 2. The number of H-pyrrole nitrogens is 1. The average Bonchev–Trinajstić information content (AvgIpc) is 3.43. The summed E-state index contributed by atoms with van der Waals surface area (Å²) in [7, 11) is 0. The molecule has 3 N–H and O–H groups in total. The predicted molar refractivity (Wildman–Crippen MR) is 134 cm³/mol. The minimum Gasteiger partial charge on any atom is -0.338 e. The van der Waals surface area contributed by atoms with E-state index >= 15 is 0 Å². The molecule has 2 heterocycles. The number of fused-ring (bicyclic) bond motifs is 1. The van der Waals surface area contributed by atoms with Gasteiger partial charge in [-0.1, -0.05) is 31.7 Å². The highest BCUT2D eigenvalue weighted by atomic mass is 32.1. The fraction of sp³-hybridized carbons (Fsp3) is 0.269. The quantitative estimate of drug-likeness (QED) is 0.300. The van der Waals surface area contributed by atoms with Crippen molar-refractivity contribution >= 4 is 45.6 Å². The van der Waals surface area contributed by atoms with Crippen LogP contribution in [0.3, 0.4) is 0 Å². The summed E-state index contributed by atoms with van der Waals surface area (Å²) in [6.07, 6.45) is 6.69. The van der Waals surface area contributed by atoms with E-state index in [-0.39, 0.29) is 17.7 Å². The number of thiophene rings is 1. The Kier molecular flexibility index (Phi) is 6.21. The first-order valence-corrected chi connectivity index (χ1v) is 12.3. The number of rotatable bonds is 5. The van der Waals surface area contributed by atoms with Gasteiger partial charge < -0.3 is 15.6 Å². The van der Waals surface area contributed by atoms with Crippen molar-refractivity contribution in [1.29, 1.82) is 0 Å². The molecule has 0 bridgehead atoms. The Labute approximate surface area is 196 Å². The second-order valence-electron chi connectivity index (χ2n) is 8.50. The molecule has 4 aromatic rings. The van der Waals surface area contributed by atoms with Gasteiger partial charge in [-0.2, -0.15) is 0 Å². The lowest BCUT2D eigenvalue weighted by Gasteiger charge is -2.14. The molecule has 0 unspecified atom stereocenters. The first kappa shape index (κ1) is 21.4. The fourth-order valence-electron chi connectivity index (χ4n) is 4.32. The molecule has 0 atom stereocenters. The summed E-state index contributed by atoms with van der Waals surface area (Å²) in [4.78, 5) is 33.6. The van der Waals surface area contributed by atoms with Crippen LogP contribution >= 0.6 is 11.3 Å². The zero-order valence-corrected chi connectivity index (χ0v) is 19.1. The van der Waals surface area contributed by atoms with Crippen molar-refractivity contribution in [3.8, 4) is 11.4 Å².